The van der Waals surface area contributed by atoms with Crippen molar-refractivity contribution in [2.75, 3.05) is 12.8 Å². The quantitative estimate of drug-likeness (QED) is 0.935. The van der Waals surface area contributed by atoms with E-state index in [2.05, 4.69) is 23.9 Å². The van der Waals surface area contributed by atoms with Crippen molar-refractivity contribution >= 4 is 17.0 Å². The van der Waals surface area contributed by atoms with Gasteiger partial charge in [-0.3, -0.25) is 4.90 Å². The van der Waals surface area contributed by atoms with Crippen molar-refractivity contribution in [2.24, 2.45) is 0 Å². The fraction of sp³-hybridized carbons (Fsp3) is 0.500. The van der Waals surface area contributed by atoms with Crippen LogP contribution < -0.4 is 5.73 Å². The Balaban J connectivity index is 1.97. The Morgan fingerprint density at radius 1 is 1.45 bits per heavy atom. The molecule has 1 fully saturated rings. The van der Waals surface area contributed by atoms with Crippen molar-refractivity contribution in [3.8, 4) is 0 Å². The second-order valence-corrected chi connectivity index (χ2v) is 5.56. The van der Waals surface area contributed by atoms with E-state index in [1.807, 2.05) is 0 Å². The van der Waals surface area contributed by atoms with Gasteiger partial charge < -0.3 is 10.3 Å². The fourth-order valence-corrected chi connectivity index (χ4v) is 2.59. The number of hydrogen-bond donors (Lipinski definition) is 1. The van der Waals surface area contributed by atoms with Gasteiger partial charge in [0.25, 0.3) is 0 Å². The van der Waals surface area contributed by atoms with Crippen LogP contribution in [0.5, 0.6) is 0 Å². The van der Waals surface area contributed by atoms with Gasteiger partial charge in [0, 0.05) is 18.6 Å². The maximum absolute atomic E-state index is 14.0. The fourth-order valence-electron chi connectivity index (χ4n) is 2.59. The average Bonchev–Trinajstić information content (AvgIpc) is 3.20. The number of halogens is 2. The minimum Gasteiger partial charge on any atom is -0.369 e. The number of nitrogen functional groups attached to an aromatic ring is 1. The summed E-state index contributed by atoms with van der Waals surface area (Å²) >= 11 is 0. The molecule has 0 spiro atoms. The van der Waals surface area contributed by atoms with E-state index in [9.17, 15) is 8.78 Å². The lowest BCUT2D eigenvalue weighted by Crippen LogP contribution is -2.34. The summed E-state index contributed by atoms with van der Waals surface area (Å²) < 4.78 is 29.0. The summed E-state index contributed by atoms with van der Waals surface area (Å²) in [5.74, 6) is -1.53. The number of fused-ring (bicyclic) bond motifs is 1. The molecule has 1 aromatic carbocycles. The third-order valence-electron chi connectivity index (χ3n) is 4.09. The maximum atomic E-state index is 14.0. The van der Waals surface area contributed by atoms with Gasteiger partial charge in [0.05, 0.1) is 5.52 Å². The zero-order chi connectivity index (χ0) is 14.4. The van der Waals surface area contributed by atoms with E-state index in [-0.39, 0.29) is 17.5 Å². The Morgan fingerprint density at radius 3 is 2.80 bits per heavy atom. The first-order chi connectivity index (χ1) is 9.49. The van der Waals surface area contributed by atoms with Crippen molar-refractivity contribution in [2.45, 2.75) is 38.4 Å². The van der Waals surface area contributed by atoms with Gasteiger partial charge in [0.2, 0.25) is 5.95 Å². The topological polar surface area (TPSA) is 47.1 Å². The van der Waals surface area contributed by atoms with Gasteiger partial charge in [-0.05, 0) is 38.9 Å². The number of nitrogens with two attached hydrogens (primary N) is 1. The number of hydrogen-bond acceptors (Lipinski definition) is 3. The lowest BCUT2D eigenvalue weighted by atomic mass is 10.2. The average molecular weight is 280 g/mol. The van der Waals surface area contributed by atoms with E-state index in [1.54, 1.807) is 4.57 Å². The van der Waals surface area contributed by atoms with Gasteiger partial charge in [0.1, 0.15) is 5.52 Å². The van der Waals surface area contributed by atoms with Crippen LogP contribution in [0.2, 0.25) is 0 Å². The molecule has 1 saturated carbocycles. The molecule has 0 amide bonds. The van der Waals surface area contributed by atoms with Gasteiger partial charge in [-0.2, -0.15) is 0 Å². The minimum absolute atomic E-state index is 0.151. The van der Waals surface area contributed by atoms with E-state index < -0.39 is 11.6 Å². The molecule has 1 aromatic heterocycles. The predicted molar refractivity (Wildman–Crippen MR) is 74.3 cm³/mol. The number of benzene rings is 1. The molecule has 0 saturated heterocycles. The summed E-state index contributed by atoms with van der Waals surface area (Å²) in [6.07, 6.45) is 2.40. The summed E-state index contributed by atoms with van der Waals surface area (Å²) in [5, 5.41) is 0. The van der Waals surface area contributed by atoms with Crippen LogP contribution in [0.3, 0.4) is 0 Å². The van der Waals surface area contributed by atoms with E-state index in [0.717, 1.165) is 6.07 Å². The van der Waals surface area contributed by atoms with Crippen molar-refractivity contribution in [3.05, 3.63) is 23.8 Å². The maximum Gasteiger partial charge on any atom is 0.201 e. The largest absolute Gasteiger partial charge is 0.369 e. The van der Waals surface area contributed by atoms with Crippen LogP contribution in [-0.2, 0) is 6.54 Å². The van der Waals surface area contributed by atoms with E-state index in [4.69, 9.17) is 5.73 Å². The molecule has 1 atom stereocenters. The molecule has 20 heavy (non-hydrogen) atoms. The standard InChI is InChI=1S/C14H18F2N4/c1-8(19(2)9-3-4-9)7-20-13-11(18-14(20)17)6-5-10(15)12(13)16/h5-6,8-9H,3-4,7H2,1-2H3,(H2,17,18). The Morgan fingerprint density at radius 2 is 2.15 bits per heavy atom. The number of nitrogens with zero attached hydrogens (tertiary/aromatic N) is 3. The smallest absolute Gasteiger partial charge is 0.201 e. The first-order valence-corrected chi connectivity index (χ1v) is 6.80. The summed E-state index contributed by atoms with van der Waals surface area (Å²) in [7, 11) is 2.05. The molecule has 2 aromatic rings. The highest BCUT2D eigenvalue weighted by molar-refractivity contribution is 5.79. The van der Waals surface area contributed by atoms with Crippen LogP contribution in [0.15, 0.2) is 12.1 Å². The van der Waals surface area contributed by atoms with Crippen LogP contribution in [0.25, 0.3) is 11.0 Å². The third kappa shape index (κ3) is 2.14. The van der Waals surface area contributed by atoms with Gasteiger partial charge in [-0.15, -0.1) is 0 Å². The second-order valence-electron chi connectivity index (χ2n) is 5.56. The third-order valence-corrected chi connectivity index (χ3v) is 4.09. The van der Waals surface area contributed by atoms with Crippen molar-refractivity contribution in [1.29, 1.82) is 0 Å². The molecular formula is C14H18F2N4. The number of imidazole rings is 1. The van der Waals surface area contributed by atoms with Crippen molar-refractivity contribution < 1.29 is 8.78 Å². The molecule has 4 nitrogen and oxygen atoms in total. The Hall–Kier alpha value is -1.69. The van der Waals surface area contributed by atoms with Crippen molar-refractivity contribution in [3.63, 3.8) is 0 Å². The summed E-state index contributed by atoms with van der Waals surface area (Å²) in [4.78, 5) is 6.36. The molecule has 0 aliphatic heterocycles. The van der Waals surface area contributed by atoms with E-state index in [1.165, 1.54) is 18.9 Å². The van der Waals surface area contributed by atoms with Crippen LogP contribution in [0.4, 0.5) is 14.7 Å². The lowest BCUT2D eigenvalue weighted by Gasteiger charge is -2.25. The minimum atomic E-state index is -0.882. The number of likely N-dealkylation sites (N-methyl/N-ethyl adjacent to an activating group) is 1. The number of aromatic nitrogens is 2. The molecule has 0 bridgehead atoms. The molecule has 1 unspecified atom stereocenters. The number of anilines is 1. The van der Waals surface area contributed by atoms with E-state index >= 15 is 0 Å². The van der Waals surface area contributed by atoms with Gasteiger partial charge in [-0.25, -0.2) is 13.8 Å². The van der Waals surface area contributed by atoms with E-state index in [0.29, 0.717) is 18.1 Å². The lowest BCUT2D eigenvalue weighted by molar-refractivity contribution is 0.227. The van der Waals surface area contributed by atoms with Crippen LogP contribution in [0.1, 0.15) is 19.8 Å². The monoisotopic (exact) mass is 280 g/mol. The molecular weight excluding hydrogens is 262 g/mol. The van der Waals surface area contributed by atoms with Crippen LogP contribution in [0, 0.1) is 11.6 Å². The molecule has 1 aliphatic rings. The molecule has 6 heteroatoms. The summed E-state index contributed by atoms with van der Waals surface area (Å²) in [5.41, 5.74) is 6.40. The Kier molecular flexibility index (Phi) is 3.12. The SMILES string of the molecule is CC(Cn1c(N)nc2ccc(F)c(F)c21)N(C)C1CC1. The zero-order valence-corrected chi connectivity index (χ0v) is 11.6. The second kappa shape index (κ2) is 4.70. The molecule has 2 N–H and O–H groups in total. The zero-order valence-electron chi connectivity index (χ0n) is 11.6. The Bertz CT molecular complexity index is 648. The van der Waals surface area contributed by atoms with Crippen LogP contribution in [-0.4, -0.2) is 33.6 Å². The highest BCUT2D eigenvalue weighted by Crippen LogP contribution is 2.29. The molecule has 1 heterocycles. The first kappa shape index (κ1) is 13.3. The van der Waals surface area contributed by atoms with Gasteiger partial charge >= 0.3 is 0 Å². The Labute approximate surface area is 116 Å². The van der Waals surface area contributed by atoms with Gasteiger partial charge in [-0.1, -0.05) is 0 Å². The van der Waals surface area contributed by atoms with Crippen molar-refractivity contribution in [1.82, 2.24) is 14.5 Å². The predicted octanol–water partition coefficient (Wildman–Crippen LogP) is 2.38. The van der Waals surface area contributed by atoms with Crippen LogP contribution >= 0.6 is 0 Å². The van der Waals surface area contributed by atoms with Gasteiger partial charge in [0.15, 0.2) is 11.6 Å². The molecule has 1 aliphatic carbocycles. The molecule has 108 valence electrons. The molecule has 0 radical (unpaired) electrons. The first-order valence-electron chi connectivity index (χ1n) is 6.80. The molecule has 3 rings (SSSR count). The normalized spacial score (nSPS) is 17.1. The summed E-state index contributed by atoms with van der Waals surface area (Å²) in [6.45, 7) is 2.55. The highest BCUT2D eigenvalue weighted by Gasteiger charge is 2.30. The number of rotatable bonds is 4. The highest BCUT2D eigenvalue weighted by atomic mass is 19.2. The summed E-state index contributed by atoms with van der Waals surface area (Å²) in [6, 6.07) is 3.32.